The minimum atomic E-state index is -0.592. The first kappa shape index (κ1) is 24.4. The van der Waals surface area contributed by atoms with Gasteiger partial charge in [-0.1, -0.05) is 52.9 Å². The third-order valence-corrected chi connectivity index (χ3v) is 6.05. The molecule has 0 atom stereocenters. The fourth-order valence-electron chi connectivity index (χ4n) is 4.18. The second-order valence-electron chi connectivity index (χ2n) is 8.54. The molecule has 14 nitrogen and oxygen atoms in total. The van der Waals surface area contributed by atoms with Crippen LogP contribution in [0, 0.1) is 0 Å². The quantitative estimate of drug-likeness (QED) is 0.217. The third-order valence-electron chi connectivity index (χ3n) is 6.05. The Labute approximate surface area is 226 Å². The van der Waals surface area contributed by atoms with Crippen LogP contribution in [-0.2, 0) is 6.54 Å². The molecular weight excluding hydrogens is 514 g/mol. The van der Waals surface area contributed by atoms with Gasteiger partial charge in [-0.25, -0.2) is 14.7 Å². The number of nitrogens with one attached hydrogen (secondary N) is 1. The number of nitrogens with zero attached hydrogens (tertiary/aromatic N) is 9. The molecule has 0 aliphatic carbocycles. The number of fused-ring (bicyclic) bond motifs is 1. The Hall–Kier alpha value is -5.92. The number of para-hydroxylation sites is 1. The van der Waals surface area contributed by atoms with Crippen molar-refractivity contribution in [1.29, 1.82) is 0 Å². The van der Waals surface area contributed by atoms with Gasteiger partial charge in [0.25, 0.3) is 5.91 Å². The number of nitrogen functional groups attached to an aromatic ring is 1. The lowest BCUT2D eigenvalue weighted by Gasteiger charge is -2.10. The molecule has 0 saturated heterocycles. The molecule has 1 amide bonds. The van der Waals surface area contributed by atoms with E-state index >= 15 is 0 Å². The molecule has 0 unspecified atom stereocenters. The first-order valence-corrected chi connectivity index (χ1v) is 12.0. The van der Waals surface area contributed by atoms with Crippen LogP contribution in [0.5, 0.6) is 5.75 Å². The number of methoxy groups -OCH3 is 1. The Morgan fingerprint density at radius 3 is 2.67 bits per heavy atom. The maximum absolute atomic E-state index is 13.3. The Morgan fingerprint density at radius 2 is 1.88 bits per heavy atom. The molecule has 0 fully saturated rings. The molecule has 0 aliphatic rings. The number of anilines is 1. The summed E-state index contributed by atoms with van der Waals surface area (Å²) in [5.41, 5.74) is 12.7. The second kappa shape index (κ2) is 10.4. The van der Waals surface area contributed by atoms with Crippen molar-refractivity contribution in [2.45, 2.75) is 6.54 Å². The lowest BCUT2D eigenvalue weighted by atomic mass is 10.1. The molecule has 6 aromatic rings. The lowest BCUT2D eigenvalue weighted by molar-refractivity contribution is 0.0947. The van der Waals surface area contributed by atoms with E-state index in [1.165, 1.54) is 6.21 Å². The van der Waals surface area contributed by atoms with E-state index in [1.54, 1.807) is 23.9 Å². The number of benzene rings is 3. The topological polar surface area (TPSA) is 177 Å². The fraction of sp³-hybridized carbons (Fsp3) is 0.0769. The molecule has 40 heavy (non-hydrogen) atoms. The van der Waals surface area contributed by atoms with E-state index in [0.717, 1.165) is 26.8 Å². The summed E-state index contributed by atoms with van der Waals surface area (Å²) in [5, 5.41) is 28.2. The van der Waals surface area contributed by atoms with Gasteiger partial charge in [-0.15, -0.1) is 10.2 Å². The maximum Gasteiger partial charge on any atom is 0.292 e. The first-order chi connectivity index (χ1) is 19.6. The summed E-state index contributed by atoms with van der Waals surface area (Å²) in [6.07, 6.45) is 1.52. The van der Waals surface area contributed by atoms with Crippen molar-refractivity contribution in [1.82, 2.24) is 45.7 Å². The van der Waals surface area contributed by atoms with Crippen molar-refractivity contribution in [3.8, 4) is 22.8 Å². The van der Waals surface area contributed by atoms with Crippen LogP contribution in [0.3, 0.4) is 0 Å². The zero-order chi connectivity index (χ0) is 27.5. The van der Waals surface area contributed by atoms with Crippen molar-refractivity contribution in [2.75, 3.05) is 12.8 Å². The zero-order valence-corrected chi connectivity index (χ0v) is 21.0. The molecule has 0 bridgehead atoms. The van der Waals surface area contributed by atoms with Crippen LogP contribution < -0.4 is 15.9 Å². The van der Waals surface area contributed by atoms with Gasteiger partial charge in [0, 0.05) is 11.1 Å². The van der Waals surface area contributed by atoms with E-state index in [1.807, 2.05) is 60.7 Å². The highest BCUT2D eigenvalue weighted by Crippen LogP contribution is 2.25. The maximum atomic E-state index is 13.3. The van der Waals surface area contributed by atoms with Crippen molar-refractivity contribution in [3.05, 3.63) is 89.6 Å². The fourth-order valence-corrected chi connectivity index (χ4v) is 4.18. The highest BCUT2D eigenvalue weighted by atomic mass is 16.6. The van der Waals surface area contributed by atoms with E-state index in [9.17, 15) is 4.79 Å². The van der Waals surface area contributed by atoms with Crippen LogP contribution in [0.4, 0.5) is 5.82 Å². The molecule has 0 saturated carbocycles. The van der Waals surface area contributed by atoms with Crippen LogP contribution in [0.15, 0.2) is 82.5 Å². The Morgan fingerprint density at radius 1 is 1.05 bits per heavy atom. The van der Waals surface area contributed by atoms with E-state index < -0.39 is 5.91 Å². The van der Waals surface area contributed by atoms with Gasteiger partial charge in [-0.3, -0.25) is 4.79 Å². The lowest BCUT2D eigenvalue weighted by Crippen LogP contribution is -2.22. The standard InChI is InChI=1S/C26H21N11O3/c1-39-21-12-11-16(13-18(21)15-36-20-10-6-5-9-19(20)29-34-36)14-28-31-26(38)23-22(17-7-3-2-4-8-17)30-35-37(23)25-24(27)32-40-33-25/h2-14H,15H2,1H3,(H2,27,32)(H,31,38)/b28-14-. The van der Waals surface area contributed by atoms with Crippen molar-refractivity contribution >= 4 is 29.0 Å². The average Bonchev–Trinajstić information content (AvgIpc) is 3.72. The monoisotopic (exact) mass is 535 g/mol. The number of rotatable bonds is 8. The van der Waals surface area contributed by atoms with Crippen LogP contribution in [0.25, 0.3) is 28.1 Å². The van der Waals surface area contributed by atoms with Gasteiger partial charge >= 0.3 is 0 Å². The highest BCUT2D eigenvalue weighted by molar-refractivity contribution is 5.99. The molecule has 0 spiro atoms. The Kier molecular flexibility index (Phi) is 6.38. The van der Waals surface area contributed by atoms with Gasteiger partial charge in [0.1, 0.15) is 17.0 Å². The summed E-state index contributed by atoms with van der Waals surface area (Å²) in [6.45, 7) is 0.427. The number of ether oxygens (including phenoxy) is 1. The Bertz CT molecular complexity index is 1840. The van der Waals surface area contributed by atoms with Gasteiger partial charge in [0.2, 0.25) is 11.6 Å². The summed E-state index contributed by atoms with van der Waals surface area (Å²) in [7, 11) is 1.60. The first-order valence-electron chi connectivity index (χ1n) is 12.0. The van der Waals surface area contributed by atoms with Gasteiger partial charge in [0.15, 0.2) is 5.69 Å². The number of hydrogen-bond donors (Lipinski definition) is 2. The van der Waals surface area contributed by atoms with Crippen LogP contribution in [0.2, 0.25) is 0 Å². The minimum absolute atomic E-state index is 0.0317. The van der Waals surface area contributed by atoms with E-state index in [-0.39, 0.29) is 17.3 Å². The number of carbonyl (C=O) groups is 1. The van der Waals surface area contributed by atoms with E-state index in [0.29, 0.717) is 23.6 Å². The molecular formula is C26H21N11O3. The van der Waals surface area contributed by atoms with Crippen molar-refractivity contribution in [3.63, 3.8) is 0 Å². The number of amides is 1. The second-order valence-corrected chi connectivity index (χ2v) is 8.54. The van der Waals surface area contributed by atoms with Gasteiger partial charge in [-0.2, -0.15) is 9.78 Å². The predicted octanol–water partition coefficient (Wildman–Crippen LogP) is 2.46. The summed E-state index contributed by atoms with van der Waals surface area (Å²) in [6, 6.07) is 22.3. The number of hydrogen-bond acceptors (Lipinski definition) is 11. The van der Waals surface area contributed by atoms with Gasteiger partial charge in [0.05, 0.1) is 25.4 Å². The number of nitrogens with two attached hydrogens (primary N) is 1. The third kappa shape index (κ3) is 4.60. The summed E-state index contributed by atoms with van der Waals surface area (Å²) in [4.78, 5) is 13.3. The number of aromatic nitrogens is 8. The molecule has 0 aliphatic heterocycles. The molecule has 3 N–H and O–H groups in total. The predicted molar refractivity (Wildman–Crippen MR) is 144 cm³/mol. The summed E-state index contributed by atoms with van der Waals surface area (Å²) < 4.78 is 13.2. The smallest absolute Gasteiger partial charge is 0.292 e. The Balaban J connectivity index is 1.27. The number of hydrazone groups is 1. The van der Waals surface area contributed by atoms with Crippen LogP contribution in [-0.4, -0.2) is 59.5 Å². The minimum Gasteiger partial charge on any atom is -0.496 e. The summed E-state index contributed by atoms with van der Waals surface area (Å²) in [5.74, 6) is 0.0737. The van der Waals surface area contributed by atoms with Crippen LogP contribution in [0.1, 0.15) is 21.6 Å². The largest absolute Gasteiger partial charge is 0.496 e. The molecule has 3 aromatic heterocycles. The van der Waals surface area contributed by atoms with E-state index in [2.05, 4.69) is 46.1 Å². The van der Waals surface area contributed by atoms with Crippen LogP contribution >= 0.6 is 0 Å². The van der Waals surface area contributed by atoms with Crippen molar-refractivity contribution < 1.29 is 14.2 Å². The van der Waals surface area contributed by atoms with Gasteiger partial charge < -0.3 is 10.5 Å². The molecule has 3 aromatic carbocycles. The summed E-state index contributed by atoms with van der Waals surface area (Å²) >= 11 is 0. The molecule has 6 rings (SSSR count). The molecule has 3 heterocycles. The highest BCUT2D eigenvalue weighted by Gasteiger charge is 2.25. The number of carbonyl (C=O) groups excluding carboxylic acids is 1. The molecule has 14 heteroatoms. The van der Waals surface area contributed by atoms with E-state index in [4.69, 9.17) is 10.5 Å². The van der Waals surface area contributed by atoms with Gasteiger partial charge in [-0.05, 0) is 46.2 Å². The average molecular weight is 536 g/mol. The molecule has 198 valence electrons. The SMILES string of the molecule is COc1ccc(/C=N\NC(=O)c2c(-c3ccccc3)nnn2-c2nonc2N)cc1Cn1nnc2ccccc21. The zero-order valence-electron chi connectivity index (χ0n) is 21.0. The van der Waals surface area contributed by atoms with Crippen molar-refractivity contribution in [2.24, 2.45) is 5.10 Å². The molecule has 0 radical (unpaired) electrons. The normalized spacial score (nSPS) is 11.3.